The van der Waals surface area contributed by atoms with Crippen molar-refractivity contribution in [3.05, 3.63) is 11.1 Å². The highest BCUT2D eigenvalue weighted by atomic mass is 16.7. The third kappa shape index (κ3) is 1.18. The number of esters is 2. The number of fused-ring (bicyclic) bond motifs is 2. The second-order valence-corrected chi connectivity index (χ2v) is 6.78. The molecule has 5 atom stereocenters. The Morgan fingerprint density at radius 1 is 1.30 bits per heavy atom. The van der Waals surface area contributed by atoms with E-state index in [1.165, 1.54) is 0 Å². The molecule has 5 nitrogen and oxygen atoms in total. The van der Waals surface area contributed by atoms with Gasteiger partial charge in [0.2, 0.25) is 5.79 Å². The van der Waals surface area contributed by atoms with E-state index in [0.717, 1.165) is 19.3 Å². The lowest BCUT2D eigenvalue weighted by Gasteiger charge is -2.51. The quantitative estimate of drug-likeness (QED) is 0.676. The molecule has 3 fully saturated rings. The molecule has 2 aliphatic carbocycles. The van der Waals surface area contributed by atoms with Crippen LogP contribution < -0.4 is 0 Å². The minimum Gasteiger partial charge on any atom is -0.457 e. The number of carbonyl (C=O) groups is 2. The van der Waals surface area contributed by atoms with E-state index in [1.54, 1.807) is 6.92 Å². The first kappa shape index (κ1) is 12.4. The molecule has 4 aliphatic rings. The molecule has 0 aromatic rings. The van der Waals surface area contributed by atoms with Crippen LogP contribution in [0.1, 0.15) is 39.5 Å². The summed E-state index contributed by atoms with van der Waals surface area (Å²) in [6.45, 7) is 3.71. The molecule has 20 heavy (non-hydrogen) atoms. The van der Waals surface area contributed by atoms with Gasteiger partial charge < -0.3 is 14.6 Å². The summed E-state index contributed by atoms with van der Waals surface area (Å²) >= 11 is 0. The van der Waals surface area contributed by atoms with Crippen LogP contribution in [-0.4, -0.2) is 28.9 Å². The number of carbonyl (C=O) groups excluding carboxylic acids is 2. The van der Waals surface area contributed by atoms with Crippen LogP contribution >= 0.6 is 0 Å². The predicted octanol–water partition coefficient (Wildman–Crippen LogP) is 1.30. The molecule has 1 N–H and O–H groups in total. The Balaban J connectivity index is 1.91. The van der Waals surface area contributed by atoms with E-state index in [1.807, 2.05) is 0 Å². The van der Waals surface area contributed by atoms with E-state index in [-0.39, 0.29) is 23.2 Å². The molecule has 0 unspecified atom stereocenters. The monoisotopic (exact) mass is 278 g/mol. The Hall–Kier alpha value is -1.36. The van der Waals surface area contributed by atoms with Gasteiger partial charge in [-0.25, -0.2) is 4.79 Å². The van der Waals surface area contributed by atoms with Crippen LogP contribution in [0.15, 0.2) is 11.1 Å². The molecule has 4 rings (SSSR count). The zero-order valence-corrected chi connectivity index (χ0v) is 11.6. The highest BCUT2D eigenvalue weighted by Crippen LogP contribution is 2.63. The molecule has 108 valence electrons. The topological polar surface area (TPSA) is 72.8 Å². The fourth-order valence-corrected chi connectivity index (χ4v) is 4.84. The zero-order chi connectivity index (χ0) is 14.3. The summed E-state index contributed by atoms with van der Waals surface area (Å²) in [7, 11) is 0. The van der Waals surface area contributed by atoms with Crippen molar-refractivity contribution < 1.29 is 24.2 Å². The van der Waals surface area contributed by atoms with Crippen molar-refractivity contribution in [1.29, 1.82) is 0 Å². The first-order valence-corrected chi connectivity index (χ1v) is 7.25. The first-order chi connectivity index (χ1) is 9.38. The molecule has 0 spiro atoms. The molecule has 2 saturated carbocycles. The lowest BCUT2D eigenvalue weighted by Crippen LogP contribution is -2.55. The summed E-state index contributed by atoms with van der Waals surface area (Å²) in [4.78, 5) is 24.0. The molecule has 0 amide bonds. The zero-order valence-electron chi connectivity index (χ0n) is 11.6. The SMILES string of the molecule is CC1=C2[C@@H]3OC(=O)[C@H]4CCC[C@H](C[C@@]2(O)OC1=O)[C@@]43C. The number of rotatable bonds is 0. The van der Waals surface area contributed by atoms with Crippen LogP contribution in [-0.2, 0) is 19.1 Å². The molecule has 5 heteroatoms. The van der Waals surface area contributed by atoms with E-state index < -0.39 is 17.9 Å². The summed E-state index contributed by atoms with van der Waals surface area (Å²) < 4.78 is 10.8. The summed E-state index contributed by atoms with van der Waals surface area (Å²) in [5.41, 5.74) is 0.571. The number of ether oxygens (including phenoxy) is 2. The lowest BCUT2D eigenvalue weighted by atomic mass is 9.53. The summed E-state index contributed by atoms with van der Waals surface area (Å²) in [6, 6.07) is 0. The van der Waals surface area contributed by atoms with Crippen LogP contribution in [0.5, 0.6) is 0 Å². The van der Waals surface area contributed by atoms with Gasteiger partial charge in [-0.15, -0.1) is 0 Å². The maximum Gasteiger partial charge on any atom is 0.336 e. The highest BCUT2D eigenvalue weighted by Gasteiger charge is 2.69. The number of hydrogen-bond acceptors (Lipinski definition) is 5. The van der Waals surface area contributed by atoms with Gasteiger partial charge in [0.1, 0.15) is 6.10 Å². The second-order valence-electron chi connectivity index (χ2n) is 6.78. The van der Waals surface area contributed by atoms with E-state index >= 15 is 0 Å². The second kappa shape index (κ2) is 3.45. The average molecular weight is 278 g/mol. The van der Waals surface area contributed by atoms with Crippen molar-refractivity contribution in [2.45, 2.75) is 51.4 Å². The third-order valence-corrected chi connectivity index (χ3v) is 5.94. The number of hydrogen-bond donors (Lipinski definition) is 1. The largest absolute Gasteiger partial charge is 0.457 e. The van der Waals surface area contributed by atoms with E-state index in [0.29, 0.717) is 17.6 Å². The van der Waals surface area contributed by atoms with Crippen molar-refractivity contribution in [3.8, 4) is 0 Å². The van der Waals surface area contributed by atoms with Crippen LogP contribution in [0, 0.1) is 17.3 Å². The Bertz CT molecular complexity index is 565. The normalized spacial score (nSPS) is 49.6. The molecule has 1 saturated heterocycles. The maximum atomic E-state index is 12.2. The van der Waals surface area contributed by atoms with Gasteiger partial charge in [0.05, 0.1) is 11.5 Å². The van der Waals surface area contributed by atoms with Crippen molar-refractivity contribution >= 4 is 11.9 Å². The van der Waals surface area contributed by atoms with Crippen LogP contribution in [0.4, 0.5) is 0 Å². The van der Waals surface area contributed by atoms with Gasteiger partial charge in [-0.1, -0.05) is 13.3 Å². The van der Waals surface area contributed by atoms with E-state index in [9.17, 15) is 14.7 Å². The summed E-state index contributed by atoms with van der Waals surface area (Å²) in [5.74, 6) is -2.23. The van der Waals surface area contributed by atoms with Crippen molar-refractivity contribution in [2.24, 2.45) is 17.3 Å². The molecular formula is C15H18O5. The van der Waals surface area contributed by atoms with Crippen LogP contribution in [0.2, 0.25) is 0 Å². The number of aliphatic hydroxyl groups is 1. The van der Waals surface area contributed by atoms with Crippen molar-refractivity contribution in [3.63, 3.8) is 0 Å². The van der Waals surface area contributed by atoms with Crippen molar-refractivity contribution in [2.75, 3.05) is 0 Å². The predicted molar refractivity (Wildman–Crippen MR) is 67.2 cm³/mol. The van der Waals surface area contributed by atoms with Gasteiger partial charge in [-0.05, 0) is 25.7 Å². The van der Waals surface area contributed by atoms with Crippen LogP contribution in [0.3, 0.4) is 0 Å². The molecule has 0 aromatic carbocycles. The van der Waals surface area contributed by atoms with Crippen LogP contribution in [0.25, 0.3) is 0 Å². The summed E-state index contributed by atoms with van der Waals surface area (Å²) in [6.07, 6.45) is 2.59. The molecule has 2 heterocycles. The standard InChI is InChI=1S/C15H18O5/c1-7-10-11-14(2)8(6-15(10,18)20-12(7)16)4-3-5-9(14)13(17)19-11/h8-9,11,18H,3-6H2,1-2H3/t8-,9-,11+,14+,15-/m1/s1. The summed E-state index contributed by atoms with van der Waals surface area (Å²) in [5, 5.41) is 10.7. The average Bonchev–Trinajstić information content (AvgIpc) is 2.75. The van der Waals surface area contributed by atoms with Gasteiger partial charge in [0, 0.05) is 17.4 Å². The van der Waals surface area contributed by atoms with Gasteiger partial charge in [0.25, 0.3) is 0 Å². The van der Waals surface area contributed by atoms with Crippen molar-refractivity contribution in [1.82, 2.24) is 0 Å². The Morgan fingerprint density at radius 2 is 2.05 bits per heavy atom. The fraction of sp³-hybridized carbons (Fsp3) is 0.733. The maximum absolute atomic E-state index is 12.2. The molecular weight excluding hydrogens is 260 g/mol. The van der Waals surface area contributed by atoms with Gasteiger partial charge in [0.15, 0.2) is 0 Å². The highest BCUT2D eigenvalue weighted by molar-refractivity contribution is 5.93. The molecule has 0 bridgehead atoms. The Labute approximate surface area is 116 Å². The third-order valence-electron chi connectivity index (χ3n) is 5.94. The van der Waals surface area contributed by atoms with E-state index in [2.05, 4.69) is 6.92 Å². The van der Waals surface area contributed by atoms with Gasteiger partial charge >= 0.3 is 11.9 Å². The van der Waals surface area contributed by atoms with Gasteiger partial charge in [-0.3, -0.25) is 4.79 Å². The smallest absolute Gasteiger partial charge is 0.336 e. The first-order valence-electron chi connectivity index (χ1n) is 7.25. The molecule has 0 radical (unpaired) electrons. The Kier molecular flexibility index (Phi) is 2.14. The van der Waals surface area contributed by atoms with E-state index in [4.69, 9.17) is 9.47 Å². The lowest BCUT2D eigenvalue weighted by molar-refractivity contribution is -0.210. The minimum absolute atomic E-state index is 0.119. The fourth-order valence-electron chi connectivity index (χ4n) is 4.84. The Morgan fingerprint density at radius 3 is 2.80 bits per heavy atom. The molecule has 2 aliphatic heterocycles. The minimum atomic E-state index is -1.57. The van der Waals surface area contributed by atoms with Gasteiger partial charge in [-0.2, -0.15) is 0 Å². The molecule has 0 aromatic heterocycles.